The number of hydrogen-bond donors (Lipinski definition) is 1. The van der Waals surface area contributed by atoms with Gasteiger partial charge in [-0.15, -0.1) is 0 Å². The van der Waals surface area contributed by atoms with E-state index in [0.29, 0.717) is 0 Å². The van der Waals surface area contributed by atoms with E-state index in [2.05, 4.69) is 19.2 Å². The molecule has 122 valence electrons. The molecule has 0 aromatic heterocycles. The first-order valence-electron chi connectivity index (χ1n) is 8.53. The van der Waals surface area contributed by atoms with Crippen molar-refractivity contribution in [2.75, 3.05) is 13.7 Å². The minimum absolute atomic E-state index is 0.139. The van der Waals surface area contributed by atoms with Crippen LogP contribution in [0, 0.1) is 5.92 Å². The highest BCUT2D eigenvalue weighted by atomic mass is 16.5. The van der Waals surface area contributed by atoms with Gasteiger partial charge in [0.2, 0.25) is 0 Å². The molecule has 0 radical (unpaired) electrons. The average Bonchev–Trinajstić information content (AvgIpc) is 2.89. The third kappa shape index (κ3) is 4.43. The summed E-state index contributed by atoms with van der Waals surface area (Å²) in [6, 6.07) is 0.265. The molecule has 0 heterocycles. The minimum Gasteiger partial charge on any atom is -0.468 e. The monoisotopic (exact) mass is 297 g/mol. The molecule has 2 aliphatic rings. The highest BCUT2D eigenvalue weighted by Gasteiger charge is 2.47. The number of methoxy groups -OCH3 is 1. The number of esters is 1. The van der Waals surface area contributed by atoms with Crippen LogP contribution in [0.2, 0.25) is 0 Å². The zero-order valence-electron chi connectivity index (χ0n) is 13.8. The van der Waals surface area contributed by atoms with Crippen molar-refractivity contribution in [2.24, 2.45) is 5.92 Å². The molecule has 4 heteroatoms. The van der Waals surface area contributed by atoms with Crippen LogP contribution in [0.1, 0.15) is 65.2 Å². The molecule has 0 bridgehead atoms. The molecule has 0 saturated heterocycles. The molecule has 2 unspecified atom stereocenters. The molecule has 2 atom stereocenters. The molecule has 2 saturated carbocycles. The van der Waals surface area contributed by atoms with E-state index in [1.807, 2.05) is 0 Å². The molecule has 0 aliphatic heterocycles. The van der Waals surface area contributed by atoms with E-state index in [0.717, 1.165) is 31.8 Å². The SMILES string of the molecule is COC(=O)C1(NC(C)C)CCC(OCC2CCCCC2)C1. The first kappa shape index (κ1) is 16.8. The first-order valence-corrected chi connectivity index (χ1v) is 8.53. The second kappa shape index (κ2) is 7.59. The molecule has 2 aliphatic carbocycles. The van der Waals surface area contributed by atoms with Crippen molar-refractivity contribution in [3.8, 4) is 0 Å². The first-order chi connectivity index (χ1) is 10.1. The van der Waals surface area contributed by atoms with Crippen LogP contribution < -0.4 is 5.32 Å². The van der Waals surface area contributed by atoms with Gasteiger partial charge in [0.25, 0.3) is 0 Å². The van der Waals surface area contributed by atoms with Gasteiger partial charge in [-0.1, -0.05) is 19.3 Å². The summed E-state index contributed by atoms with van der Waals surface area (Å²) in [5, 5.41) is 3.42. The standard InChI is InChI=1S/C17H31NO3/c1-13(2)18-17(16(19)20-3)10-9-15(11-17)21-12-14-7-5-4-6-8-14/h13-15,18H,4-12H2,1-3H3. The van der Waals surface area contributed by atoms with Crippen LogP contribution in [0.5, 0.6) is 0 Å². The fourth-order valence-electron chi connectivity index (χ4n) is 3.89. The van der Waals surface area contributed by atoms with Gasteiger partial charge in [-0.3, -0.25) is 10.1 Å². The van der Waals surface area contributed by atoms with Crippen molar-refractivity contribution in [2.45, 2.75) is 82.9 Å². The zero-order valence-corrected chi connectivity index (χ0v) is 13.8. The smallest absolute Gasteiger partial charge is 0.326 e. The van der Waals surface area contributed by atoms with Gasteiger partial charge in [0.1, 0.15) is 5.54 Å². The van der Waals surface area contributed by atoms with Gasteiger partial charge in [-0.05, 0) is 45.4 Å². The molecule has 0 amide bonds. The maximum Gasteiger partial charge on any atom is 0.326 e. The Morgan fingerprint density at radius 1 is 1.24 bits per heavy atom. The number of hydrogen-bond acceptors (Lipinski definition) is 4. The van der Waals surface area contributed by atoms with Crippen LogP contribution in [0.15, 0.2) is 0 Å². The second-order valence-electron chi connectivity index (χ2n) is 7.07. The summed E-state index contributed by atoms with van der Waals surface area (Å²) in [7, 11) is 1.47. The Kier molecular flexibility index (Phi) is 6.06. The summed E-state index contributed by atoms with van der Waals surface area (Å²) in [5.74, 6) is 0.588. The fourth-order valence-corrected chi connectivity index (χ4v) is 3.89. The fraction of sp³-hybridized carbons (Fsp3) is 0.941. The van der Waals surface area contributed by atoms with Gasteiger partial charge in [-0.2, -0.15) is 0 Å². The number of carbonyl (C=O) groups excluding carboxylic acids is 1. The Hall–Kier alpha value is -0.610. The summed E-state index contributed by atoms with van der Waals surface area (Å²) in [6.07, 6.45) is 9.37. The summed E-state index contributed by atoms with van der Waals surface area (Å²) < 4.78 is 11.2. The van der Waals surface area contributed by atoms with Crippen molar-refractivity contribution in [1.82, 2.24) is 5.32 Å². The molecule has 0 aromatic rings. The van der Waals surface area contributed by atoms with Crippen LogP contribution in [0.3, 0.4) is 0 Å². The topological polar surface area (TPSA) is 47.6 Å². The quantitative estimate of drug-likeness (QED) is 0.766. The Morgan fingerprint density at radius 3 is 2.57 bits per heavy atom. The lowest BCUT2D eigenvalue weighted by Gasteiger charge is -2.30. The van der Waals surface area contributed by atoms with E-state index >= 15 is 0 Å². The van der Waals surface area contributed by atoms with Crippen LogP contribution in [-0.4, -0.2) is 37.4 Å². The van der Waals surface area contributed by atoms with Gasteiger partial charge in [0, 0.05) is 19.1 Å². The largest absolute Gasteiger partial charge is 0.468 e. The highest BCUT2D eigenvalue weighted by molar-refractivity contribution is 5.81. The highest BCUT2D eigenvalue weighted by Crippen LogP contribution is 2.34. The van der Waals surface area contributed by atoms with Crippen LogP contribution in [0.25, 0.3) is 0 Å². The maximum atomic E-state index is 12.2. The maximum absolute atomic E-state index is 12.2. The van der Waals surface area contributed by atoms with Gasteiger partial charge in [-0.25, -0.2) is 0 Å². The third-order valence-electron chi connectivity index (χ3n) is 4.90. The lowest BCUT2D eigenvalue weighted by Crippen LogP contribution is -2.53. The van der Waals surface area contributed by atoms with Crippen molar-refractivity contribution in [1.29, 1.82) is 0 Å². The normalized spacial score (nSPS) is 30.8. The number of carbonyl (C=O) groups is 1. The number of rotatable bonds is 6. The number of ether oxygens (including phenoxy) is 2. The Balaban J connectivity index is 1.85. The summed E-state index contributed by atoms with van der Waals surface area (Å²) in [6.45, 7) is 5.01. The molecule has 0 spiro atoms. The van der Waals surface area contributed by atoms with Crippen molar-refractivity contribution < 1.29 is 14.3 Å². The van der Waals surface area contributed by atoms with Crippen LogP contribution in [-0.2, 0) is 14.3 Å². The summed E-state index contributed by atoms with van der Waals surface area (Å²) >= 11 is 0. The van der Waals surface area contributed by atoms with Crippen molar-refractivity contribution in [3.05, 3.63) is 0 Å². The molecular weight excluding hydrogens is 266 g/mol. The van der Waals surface area contributed by atoms with E-state index in [-0.39, 0.29) is 18.1 Å². The average molecular weight is 297 g/mol. The van der Waals surface area contributed by atoms with Crippen LogP contribution >= 0.6 is 0 Å². The molecule has 2 rings (SSSR count). The molecule has 21 heavy (non-hydrogen) atoms. The van der Waals surface area contributed by atoms with Gasteiger partial charge in [0.05, 0.1) is 13.2 Å². The Bertz CT molecular complexity index is 339. The second-order valence-corrected chi connectivity index (χ2v) is 7.07. The Labute approximate surface area is 129 Å². The predicted octanol–water partition coefficient (Wildman–Crippen LogP) is 3.05. The van der Waals surface area contributed by atoms with Gasteiger partial charge >= 0.3 is 5.97 Å². The van der Waals surface area contributed by atoms with E-state index in [1.165, 1.54) is 39.2 Å². The molecule has 0 aromatic carbocycles. The third-order valence-corrected chi connectivity index (χ3v) is 4.90. The minimum atomic E-state index is -0.542. The van der Waals surface area contributed by atoms with Crippen LogP contribution in [0.4, 0.5) is 0 Å². The van der Waals surface area contributed by atoms with Crippen molar-refractivity contribution >= 4 is 5.97 Å². The van der Waals surface area contributed by atoms with Crippen molar-refractivity contribution in [3.63, 3.8) is 0 Å². The predicted molar refractivity (Wildman–Crippen MR) is 83.2 cm³/mol. The molecule has 2 fully saturated rings. The van der Waals surface area contributed by atoms with E-state index in [4.69, 9.17) is 9.47 Å². The van der Waals surface area contributed by atoms with Gasteiger partial charge in [0.15, 0.2) is 0 Å². The molecular formula is C17H31NO3. The van der Waals surface area contributed by atoms with E-state index < -0.39 is 5.54 Å². The zero-order chi connectivity index (χ0) is 15.3. The van der Waals surface area contributed by atoms with E-state index in [1.54, 1.807) is 0 Å². The lowest BCUT2D eigenvalue weighted by atomic mass is 9.90. The summed E-state index contributed by atoms with van der Waals surface area (Å²) in [5.41, 5.74) is -0.542. The molecule has 1 N–H and O–H groups in total. The number of nitrogens with one attached hydrogen (secondary N) is 1. The molecule has 4 nitrogen and oxygen atoms in total. The Morgan fingerprint density at radius 2 is 1.95 bits per heavy atom. The lowest BCUT2D eigenvalue weighted by molar-refractivity contribution is -0.149. The van der Waals surface area contributed by atoms with E-state index in [9.17, 15) is 4.79 Å². The summed E-state index contributed by atoms with van der Waals surface area (Å²) in [4.78, 5) is 12.2. The van der Waals surface area contributed by atoms with Gasteiger partial charge < -0.3 is 9.47 Å².